The third kappa shape index (κ3) is 2.64. The Morgan fingerprint density at radius 3 is 2.82 bits per heavy atom. The molecule has 0 saturated heterocycles. The highest BCUT2D eigenvalue weighted by Gasteiger charge is 2.17. The number of rotatable bonds is 3. The van der Waals surface area contributed by atoms with Gasteiger partial charge in [0, 0.05) is 19.4 Å². The van der Waals surface area contributed by atoms with E-state index in [2.05, 4.69) is 30.7 Å². The van der Waals surface area contributed by atoms with Crippen molar-refractivity contribution in [1.82, 2.24) is 14.8 Å². The monoisotopic (exact) mass is 316 g/mol. The van der Waals surface area contributed by atoms with Crippen molar-refractivity contribution < 1.29 is 8.42 Å². The molecule has 17 heavy (non-hydrogen) atoms. The van der Waals surface area contributed by atoms with Gasteiger partial charge < -0.3 is 0 Å². The molecule has 90 valence electrons. The van der Waals surface area contributed by atoms with Crippen LogP contribution in [0.25, 0.3) is 0 Å². The third-order valence-electron chi connectivity index (χ3n) is 1.98. The average Bonchev–Trinajstić information content (AvgIpc) is 2.69. The number of nitrogens with zero attached hydrogens (tertiary/aromatic N) is 3. The van der Waals surface area contributed by atoms with Gasteiger partial charge in [0.1, 0.15) is 4.90 Å². The molecule has 0 aromatic carbocycles. The summed E-state index contributed by atoms with van der Waals surface area (Å²) in [6, 6.07) is 3.40. The van der Waals surface area contributed by atoms with E-state index in [0.29, 0.717) is 4.47 Å². The van der Waals surface area contributed by atoms with Crippen molar-refractivity contribution in [2.24, 2.45) is 7.05 Å². The standard InChI is InChI=1S/C9H9BrN4O2S/c1-14-6-7(5-12-14)17(15,16)13-9-8(10)3-2-4-11-9/h2-6H,1H3,(H,11,13). The van der Waals surface area contributed by atoms with E-state index < -0.39 is 10.0 Å². The predicted octanol–water partition coefficient (Wildman–Crippen LogP) is 1.38. The number of pyridine rings is 1. The summed E-state index contributed by atoms with van der Waals surface area (Å²) in [6.45, 7) is 0. The maximum atomic E-state index is 11.9. The summed E-state index contributed by atoms with van der Waals surface area (Å²) in [5.41, 5.74) is 0. The smallest absolute Gasteiger partial charge is 0.266 e. The summed E-state index contributed by atoms with van der Waals surface area (Å²) in [6.07, 6.45) is 4.20. The second-order valence-corrected chi connectivity index (χ2v) is 5.83. The van der Waals surface area contributed by atoms with Gasteiger partial charge in [0.15, 0.2) is 5.82 Å². The zero-order chi connectivity index (χ0) is 12.5. The maximum absolute atomic E-state index is 11.9. The van der Waals surface area contributed by atoms with E-state index in [1.54, 1.807) is 19.2 Å². The van der Waals surface area contributed by atoms with Crippen molar-refractivity contribution in [2.45, 2.75) is 4.90 Å². The molecule has 0 aliphatic rings. The Balaban J connectivity index is 2.33. The van der Waals surface area contributed by atoms with Crippen LogP contribution in [-0.2, 0) is 17.1 Å². The molecule has 0 fully saturated rings. The van der Waals surface area contributed by atoms with Gasteiger partial charge in [0.2, 0.25) is 0 Å². The summed E-state index contributed by atoms with van der Waals surface area (Å²) in [4.78, 5) is 4.03. The largest absolute Gasteiger partial charge is 0.274 e. The van der Waals surface area contributed by atoms with Gasteiger partial charge >= 0.3 is 0 Å². The van der Waals surface area contributed by atoms with Crippen LogP contribution in [0.4, 0.5) is 5.82 Å². The normalized spacial score (nSPS) is 11.4. The van der Waals surface area contributed by atoms with Gasteiger partial charge in [0.05, 0.1) is 10.7 Å². The number of anilines is 1. The fourth-order valence-electron chi connectivity index (χ4n) is 1.18. The molecule has 2 aromatic rings. The summed E-state index contributed by atoms with van der Waals surface area (Å²) in [5, 5.41) is 3.81. The molecule has 1 N–H and O–H groups in total. The van der Waals surface area contributed by atoms with Gasteiger partial charge in [0.25, 0.3) is 10.0 Å². The number of sulfonamides is 1. The van der Waals surface area contributed by atoms with E-state index in [1.807, 2.05) is 0 Å². The molecule has 0 amide bonds. The van der Waals surface area contributed by atoms with Crippen LogP contribution in [0.15, 0.2) is 40.1 Å². The lowest BCUT2D eigenvalue weighted by Gasteiger charge is -2.06. The Morgan fingerprint density at radius 1 is 1.47 bits per heavy atom. The molecule has 0 unspecified atom stereocenters. The third-order valence-corrected chi connectivity index (χ3v) is 3.91. The molecule has 0 radical (unpaired) electrons. The van der Waals surface area contributed by atoms with E-state index in [0.717, 1.165) is 0 Å². The minimum absolute atomic E-state index is 0.0950. The van der Waals surface area contributed by atoms with Gasteiger partial charge in [-0.15, -0.1) is 0 Å². The highest BCUT2D eigenvalue weighted by molar-refractivity contribution is 9.10. The van der Waals surface area contributed by atoms with Gasteiger partial charge in [-0.2, -0.15) is 5.10 Å². The number of halogens is 1. The molecule has 6 nitrogen and oxygen atoms in total. The second kappa shape index (κ2) is 4.46. The topological polar surface area (TPSA) is 76.9 Å². The van der Waals surface area contributed by atoms with Crippen LogP contribution in [0.2, 0.25) is 0 Å². The molecule has 0 aliphatic heterocycles. The zero-order valence-corrected chi connectivity index (χ0v) is 11.2. The van der Waals surface area contributed by atoms with Gasteiger partial charge in [-0.3, -0.25) is 9.40 Å². The molecule has 2 aromatic heterocycles. The number of hydrogen-bond donors (Lipinski definition) is 1. The predicted molar refractivity (Wildman–Crippen MR) is 66.0 cm³/mol. The van der Waals surface area contributed by atoms with Crippen molar-refractivity contribution >= 4 is 31.8 Å². The van der Waals surface area contributed by atoms with Crippen LogP contribution in [0.1, 0.15) is 0 Å². The Hall–Kier alpha value is -1.41. The highest BCUT2D eigenvalue weighted by atomic mass is 79.9. The van der Waals surface area contributed by atoms with E-state index >= 15 is 0 Å². The lowest BCUT2D eigenvalue weighted by molar-refractivity contribution is 0.601. The molecule has 0 aliphatic carbocycles. The Morgan fingerprint density at radius 2 is 2.24 bits per heavy atom. The minimum Gasteiger partial charge on any atom is -0.274 e. The van der Waals surface area contributed by atoms with E-state index in [-0.39, 0.29) is 10.7 Å². The van der Waals surface area contributed by atoms with Crippen LogP contribution < -0.4 is 4.72 Å². The first kappa shape index (κ1) is 12.1. The van der Waals surface area contributed by atoms with Crippen molar-refractivity contribution in [3.8, 4) is 0 Å². The van der Waals surface area contributed by atoms with Crippen LogP contribution >= 0.6 is 15.9 Å². The van der Waals surface area contributed by atoms with Crippen LogP contribution in [0.5, 0.6) is 0 Å². The molecular formula is C9H9BrN4O2S. The van der Waals surface area contributed by atoms with Gasteiger partial charge in [-0.25, -0.2) is 13.4 Å². The lowest BCUT2D eigenvalue weighted by Crippen LogP contribution is -2.13. The molecule has 0 saturated carbocycles. The van der Waals surface area contributed by atoms with Crippen LogP contribution in [0.3, 0.4) is 0 Å². The number of hydrogen-bond acceptors (Lipinski definition) is 4. The number of nitrogens with one attached hydrogen (secondary N) is 1. The SMILES string of the molecule is Cn1cc(S(=O)(=O)Nc2ncccc2Br)cn1. The molecule has 2 rings (SSSR count). The van der Waals surface area contributed by atoms with E-state index in [9.17, 15) is 8.42 Å². The fourth-order valence-corrected chi connectivity index (χ4v) is 2.68. The van der Waals surface area contributed by atoms with Gasteiger partial charge in [-0.05, 0) is 28.1 Å². The first-order valence-corrected chi connectivity index (χ1v) is 6.88. The molecule has 2 heterocycles. The van der Waals surface area contributed by atoms with Crippen molar-refractivity contribution in [2.75, 3.05) is 4.72 Å². The summed E-state index contributed by atoms with van der Waals surface area (Å²) in [7, 11) is -1.99. The maximum Gasteiger partial charge on any atom is 0.266 e. The summed E-state index contributed by atoms with van der Waals surface area (Å²) in [5.74, 6) is 0.247. The van der Waals surface area contributed by atoms with E-state index in [1.165, 1.54) is 23.3 Å². The lowest BCUT2D eigenvalue weighted by atomic mass is 10.5. The van der Waals surface area contributed by atoms with Crippen molar-refractivity contribution in [3.05, 3.63) is 35.2 Å². The van der Waals surface area contributed by atoms with E-state index in [4.69, 9.17) is 0 Å². The Bertz CT molecular complexity index is 638. The van der Waals surface area contributed by atoms with Crippen LogP contribution in [0, 0.1) is 0 Å². The second-order valence-electron chi connectivity index (χ2n) is 3.29. The molecule has 8 heteroatoms. The quantitative estimate of drug-likeness (QED) is 0.928. The Kier molecular flexibility index (Phi) is 3.16. The molecular weight excluding hydrogens is 308 g/mol. The number of aryl methyl sites for hydroxylation is 1. The number of aromatic nitrogens is 3. The van der Waals surface area contributed by atoms with Crippen LogP contribution in [-0.4, -0.2) is 23.2 Å². The Labute approximate surface area is 107 Å². The van der Waals surface area contributed by atoms with Crippen molar-refractivity contribution in [1.29, 1.82) is 0 Å². The minimum atomic E-state index is -3.64. The first-order valence-electron chi connectivity index (χ1n) is 4.61. The summed E-state index contributed by atoms with van der Waals surface area (Å²) < 4.78 is 28.3. The zero-order valence-electron chi connectivity index (χ0n) is 8.83. The molecule has 0 atom stereocenters. The first-order chi connectivity index (χ1) is 7.99. The fraction of sp³-hybridized carbons (Fsp3) is 0.111. The summed E-state index contributed by atoms with van der Waals surface area (Å²) >= 11 is 3.22. The average molecular weight is 317 g/mol. The highest BCUT2D eigenvalue weighted by Crippen LogP contribution is 2.21. The van der Waals surface area contributed by atoms with Gasteiger partial charge in [-0.1, -0.05) is 0 Å². The molecule has 0 spiro atoms. The van der Waals surface area contributed by atoms with Crippen molar-refractivity contribution in [3.63, 3.8) is 0 Å². The molecule has 0 bridgehead atoms.